The van der Waals surface area contributed by atoms with Crippen LogP contribution < -0.4 is 5.73 Å². The number of nitrogens with two attached hydrogens (primary N) is 1. The first-order chi connectivity index (χ1) is 8.09. The number of nitrogen functional groups attached to an aromatic ring is 1. The minimum absolute atomic E-state index is 0.330. The summed E-state index contributed by atoms with van der Waals surface area (Å²) >= 11 is 0. The molecule has 0 aromatic heterocycles. The predicted octanol–water partition coefficient (Wildman–Crippen LogP) is 2.44. The predicted molar refractivity (Wildman–Crippen MR) is 70.9 cm³/mol. The van der Waals surface area contributed by atoms with Crippen molar-refractivity contribution in [1.29, 1.82) is 0 Å². The minimum Gasteiger partial charge on any atom is -0.399 e. The van der Waals surface area contributed by atoms with E-state index in [9.17, 15) is 0 Å². The first-order valence-electron chi connectivity index (χ1n) is 6.28. The Kier molecular flexibility index (Phi) is 3.69. The monoisotopic (exact) mass is 234 g/mol. The van der Waals surface area contributed by atoms with Gasteiger partial charge in [-0.25, -0.2) is 0 Å². The van der Waals surface area contributed by atoms with Crippen LogP contribution in [-0.4, -0.2) is 30.7 Å². The van der Waals surface area contributed by atoms with Gasteiger partial charge in [0.05, 0.1) is 6.10 Å². The van der Waals surface area contributed by atoms with Gasteiger partial charge in [0, 0.05) is 24.4 Å². The number of benzene rings is 1. The molecule has 17 heavy (non-hydrogen) atoms. The van der Waals surface area contributed by atoms with Gasteiger partial charge in [0.15, 0.2) is 0 Å². The molecule has 0 aliphatic carbocycles. The van der Waals surface area contributed by atoms with Crippen LogP contribution in [0.2, 0.25) is 0 Å². The standard InChI is InChI=1S/C14H22N2O/c1-10(12-4-6-13(15)7-5-12)16(3)14-8-9-17-11(14)2/h4-7,10-11,14H,8-9,15H2,1-3H3. The zero-order valence-corrected chi connectivity index (χ0v) is 10.9. The van der Waals surface area contributed by atoms with Crippen molar-refractivity contribution in [3.05, 3.63) is 29.8 Å². The van der Waals surface area contributed by atoms with E-state index in [4.69, 9.17) is 10.5 Å². The SMILES string of the molecule is CC1OCCC1N(C)C(C)c1ccc(N)cc1. The Morgan fingerprint density at radius 1 is 1.35 bits per heavy atom. The van der Waals surface area contributed by atoms with Crippen molar-refractivity contribution >= 4 is 5.69 Å². The van der Waals surface area contributed by atoms with E-state index >= 15 is 0 Å². The number of likely N-dealkylation sites (N-methyl/N-ethyl adjacent to an activating group) is 1. The van der Waals surface area contributed by atoms with Crippen LogP contribution in [0.25, 0.3) is 0 Å². The quantitative estimate of drug-likeness (QED) is 0.816. The molecule has 0 amide bonds. The third kappa shape index (κ3) is 2.61. The van der Waals surface area contributed by atoms with Crippen molar-refractivity contribution in [1.82, 2.24) is 4.90 Å². The fourth-order valence-electron chi connectivity index (χ4n) is 2.55. The van der Waals surface area contributed by atoms with Crippen molar-refractivity contribution < 1.29 is 4.74 Å². The molecule has 1 saturated heterocycles. The zero-order chi connectivity index (χ0) is 12.4. The topological polar surface area (TPSA) is 38.5 Å². The Bertz CT molecular complexity index is 363. The molecular formula is C14H22N2O. The van der Waals surface area contributed by atoms with Gasteiger partial charge in [0.1, 0.15) is 0 Å². The van der Waals surface area contributed by atoms with Gasteiger partial charge in [-0.15, -0.1) is 0 Å². The maximum absolute atomic E-state index is 5.71. The highest BCUT2D eigenvalue weighted by atomic mass is 16.5. The number of anilines is 1. The number of ether oxygens (including phenoxy) is 1. The van der Waals surface area contributed by atoms with Crippen LogP contribution in [0, 0.1) is 0 Å². The molecule has 2 N–H and O–H groups in total. The number of hydrogen-bond acceptors (Lipinski definition) is 3. The number of hydrogen-bond donors (Lipinski definition) is 1. The Morgan fingerprint density at radius 2 is 2.00 bits per heavy atom. The fraction of sp³-hybridized carbons (Fsp3) is 0.571. The van der Waals surface area contributed by atoms with Crippen LogP contribution in [0.5, 0.6) is 0 Å². The summed E-state index contributed by atoms with van der Waals surface area (Å²) in [6.07, 6.45) is 1.45. The van der Waals surface area contributed by atoms with Gasteiger partial charge in [-0.3, -0.25) is 4.90 Å². The van der Waals surface area contributed by atoms with E-state index in [1.807, 2.05) is 12.1 Å². The fourth-order valence-corrected chi connectivity index (χ4v) is 2.55. The lowest BCUT2D eigenvalue weighted by Crippen LogP contribution is -2.38. The highest BCUT2D eigenvalue weighted by Crippen LogP contribution is 2.27. The molecule has 0 radical (unpaired) electrons. The molecule has 1 heterocycles. The average molecular weight is 234 g/mol. The molecule has 1 aromatic rings. The van der Waals surface area contributed by atoms with Crippen molar-refractivity contribution in [3.63, 3.8) is 0 Å². The number of rotatable bonds is 3. The van der Waals surface area contributed by atoms with Crippen molar-refractivity contribution in [2.45, 2.75) is 38.5 Å². The summed E-state index contributed by atoms with van der Waals surface area (Å²) in [5.41, 5.74) is 7.84. The van der Waals surface area contributed by atoms with E-state index in [1.165, 1.54) is 5.56 Å². The van der Waals surface area contributed by atoms with Crippen LogP contribution in [-0.2, 0) is 4.74 Å². The molecule has 1 aliphatic rings. The summed E-state index contributed by atoms with van der Waals surface area (Å²) in [5, 5.41) is 0. The average Bonchev–Trinajstić information content (AvgIpc) is 2.74. The molecule has 0 bridgehead atoms. The third-order valence-electron chi connectivity index (χ3n) is 3.89. The smallest absolute Gasteiger partial charge is 0.0703 e. The van der Waals surface area contributed by atoms with E-state index in [0.29, 0.717) is 18.2 Å². The maximum atomic E-state index is 5.71. The second kappa shape index (κ2) is 5.07. The number of nitrogens with zero attached hydrogens (tertiary/aromatic N) is 1. The highest BCUT2D eigenvalue weighted by molar-refractivity contribution is 5.40. The van der Waals surface area contributed by atoms with Gasteiger partial charge >= 0.3 is 0 Å². The van der Waals surface area contributed by atoms with Crippen molar-refractivity contribution in [3.8, 4) is 0 Å². The van der Waals surface area contributed by atoms with Gasteiger partial charge in [-0.2, -0.15) is 0 Å². The third-order valence-corrected chi connectivity index (χ3v) is 3.89. The molecule has 3 atom stereocenters. The van der Waals surface area contributed by atoms with E-state index in [1.54, 1.807) is 0 Å². The summed E-state index contributed by atoms with van der Waals surface area (Å²) in [5.74, 6) is 0. The van der Waals surface area contributed by atoms with Crippen LogP contribution in [0.15, 0.2) is 24.3 Å². The van der Waals surface area contributed by atoms with Crippen LogP contribution >= 0.6 is 0 Å². The van der Waals surface area contributed by atoms with Crippen molar-refractivity contribution in [2.24, 2.45) is 0 Å². The van der Waals surface area contributed by atoms with Crippen LogP contribution in [0.1, 0.15) is 31.9 Å². The second-order valence-electron chi connectivity index (χ2n) is 4.94. The van der Waals surface area contributed by atoms with E-state index in [-0.39, 0.29) is 0 Å². The summed E-state index contributed by atoms with van der Waals surface area (Å²) in [6.45, 7) is 5.27. The summed E-state index contributed by atoms with van der Waals surface area (Å²) < 4.78 is 5.63. The van der Waals surface area contributed by atoms with Gasteiger partial charge in [0.2, 0.25) is 0 Å². The summed E-state index contributed by atoms with van der Waals surface area (Å²) in [6, 6.07) is 9.06. The van der Waals surface area contributed by atoms with Crippen LogP contribution in [0.3, 0.4) is 0 Å². The van der Waals surface area contributed by atoms with Crippen LogP contribution in [0.4, 0.5) is 5.69 Å². The molecule has 1 aliphatic heterocycles. The van der Waals surface area contributed by atoms with Gasteiger partial charge in [-0.1, -0.05) is 12.1 Å². The first kappa shape index (κ1) is 12.4. The zero-order valence-electron chi connectivity index (χ0n) is 10.9. The lowest BCUT2D eigenvalue weighted by molar-refractivity contribution is 0.0704. The highest BCUT2D eigenvalue weighted by Gasteiger charge is 2.30. The summed E-state index contributed by atoms with van der Waals surface area (Å²) in [4.78, 5) is 2.41. The Hall–Kier alpha value is -1.06. The first-order valence-corrected chi connectivity index (χ1v) is 6.28. The Balaban J connectivity index is 2.08. The normalized spacial score (nSPS) is 26.4. The lowest BCUT2D eigenvalue weighted by Gasteiger charge is -2.32. The lowest BCUT2D eigenvalue weighted by atomic mass is 10.0. The molecule has 0 spiro atoms. The molecule has 3 unspecified atom stereocenters. The van der Waals surface area contributed by atoms with Gasteiger partial charge in [0.25, 0.3) is 0 Å². The molecule has 1 aromatic carbocycles. The van der Waals surface area contributed by atoms with Gasteiger partial charge in [-0.05, 0) is 45.0 Å². The van der Waals surface area contributed by atoms with Crippen molar-refractivity contribution in [2.75, 3.05) is 19.4 Å². The van der Waals surface area contributed by atoms with E-state index in [0.717, 1.165) is 18.7 Å². The Labute approximate surface area is 104 Å². The van der Waals surface area contributed by atoms with Gasteiger partial charge < -0.3 is 10.5 Å². The largest absolute Gasteiger partial charge is 0.399 e. The molecule has 3 nitrogen and oxygen atoms in total. The molecule has 3 heteroatoms. The molecule has 2 rings (SSSR count). The molecular weight excluding hydrogens is 212 g/mol. The molecule has 0 saturated carbocycles. The molecule has 1 fully saturated rings. The second-order valence-corrected chi connectivity index (χ2v) is 4.94. The van der Waals surface area contributed by atoms with E-state index in [2.05, 4.69) is 37.9 Å². The summed E-state index contributed by atoms with van der Waals surface area (Å²) in [7, 11) is 2.18. The minimum atomic E-state index is 0.330. The Morgan fingerprint density at radius 3 is 2.53 bits per heavy atom. The van der Waals surface area contributed by atoms with E-state index < -0.39 is 0 Å². The molecule has 94 valence electrons. The maximum Gasteiger partial charge on any atom is 0.0703 e.